The van der Waals surface area contributed by atoms with Crippen molar-refractivity contribution in [1.82, 2.24) is 9.88 Å². The van der Waals surface area contributed by atoms with E-state index < -0.39 is 10.0 Å². The summed E-state index contributed by atoms with van der Waals surface area (Å²) in [5, 5.41) is 0.400. The van der Waals surface area contributed by atoms with Gasteiger partial charge in [-0.2, -0.15) is 0 Å². The van der Waals surface area contributed by atoms with Crippen molar-refractivity contribution >= 4 is 39.3 Å². The number of hydrogen-bond donors (Lipinski definition) is 1. The molecule has 0 unspecified atom stereocenters. The van der Waals surface area contributed by atoms with Crippen LogP contribution in [0.4, 0.5) is 5.82 Å². The normalized spacial score (nSPS) is 21.6. The van der Waals surface area contributed by atoms with Crippen molar-refractivity contribution in [1.29, 1.82) is 0 Å². The van der Waals surface area contributed by atoms with Crippen LogP contribution in [0.25, 0.3) is 0 Å². The quantitative estimate of drug-likeness (QED) is 0.707. The maximum Gasteiger partial charge on any atom is 0.263 e. The maximum absolute atomic E-state index is 12.9. The molecule has 9 heteroatoms. The Morgan fingerprint density at radius 2 is 1.77 bits per heavy atom. The summed E-state index contributed by atoms with van der Waals surface area (Å²) in [4.78, 5) is 30.8. The zero-order valence-corrected chi connectivity index (χ0v) is 18.0. The number of amides is 2. The molecule has 1 aromatic carbocycles. The number of aromatic nitrogens is 1. The largest absolute Gasteiger partial charge is 0.278 e. The summed E-state index contributed by atoms with van der Waals surface area (Å²) in [6, 6.07) is 7.95. The van der Waals surface area contributed by atoms with Crippen LogP contribution in [0.15, 0.2) is 41.4 Å². The molecular formula is C21H22ClN3O4S. The Kier molecular flexibility index (Phi) is 5.55. The van der Waals surface area contributed by atoms with Crippen LogP contribution < -0.4 is 4.72 Å². The van der Waals surface area contributed by atoms with Gasteiger partial charge in [-0.3, -0.25) is 19.2 Å². The van der Waals surface area contributed by atoms with E-state index in [2.05, 4.69) is 9.71 Å². The molecule has 1 N–H and O–H groups in total. The molecule has 1 aromatic heterocycles. The fourth-order valence-electron chi connectivity index (χ4n) is 4.23. The Morgan fingerprint density at radius 1 is 1.10 bits per heavy atom. The lowest BCUT2D eigenvalue weighted by molar-refractivity contribution is -0.140. The molecule has 2 atom stereocenters. The van der Waals surface area contributed by atoms with E-state index >= 15 is 0 Å². The summed E-state index contributed by atoms with van der Waals surface area (Å²) in [6.07, 6.45) is 4.78. The molecule has 7 nitrogen and oxygen atoms in total. The van der Waals surface area contributed by atoms with Gasteiger partial charge in [-0.15, -0.1) is 0 Å². The van der Waals surface area contributed by atoms with Crippen molar-refractivity contribution in [2.45, 2.75) is 44.0 Å². The first-order valence-corrected chi connectivity index (χ1v) is 11.7. The standard InChI is InChI=1S/C21H22ClN3O4S/c1-13-6-7-14(12-25-20(26)16-4-2-3-5-17(16)21(25)27)10-18(13)30(28,29)24-19-9-8-15(22)11-23-19/h6-11,16-17H,2-5,12H2,1H3,(H,23,24)/t16-,17-/m0/s1. The second-order valence-corrected chi connectivity index (χ2v) is 9.91. The van der Waals surface area contributed by atoms with Gasteiger partial charge in [0.05, 0.1) is 28.3 Å². The molecule has 2 aliphatic rings. The SMILES string of the molecule is Cc1ccc(CN2C(=O)[C@H]3CCCC[C@@H]3C2=O)cc1S(=O)(=O)Nc1ccc(Cl)cn1. The molecule has 1 aliphatic heterocycles. The van der Waals surface area contributed by atoms with Gasteiger partial charge < -0.3 is 0 Å². The van der Waals surface area contributed by atoms with E-state index in [1.165, 1.54) is 23.2 Å². The van der Waals surface area contributed by atoms with Crippen molar-refractivity contribution in [3.8, 4) is 0 Å². The van der Waals surface area contributed by atoms with Crippen LogP contribution >= 0.6 is 11.6 Å². The highest BCUT2D eigenvalue weighted by atomic mass is 35.5. The van der Waals surface area contributed by atoms with Crippen molar-refractivity contribution in [3.05, 3.63) is 52.7 Å². The van der Waals surface area contributed by atoms with E-state index in [0.29, 0.717) is 16.1 Å². The van der Waals surface area contributed by atoms with Crippen molar-refractivity contribution in [2.24, 2.45) is 11.8 Å². The summed E-state index contributed by atoms with van der Waals surface area (Å²) in [5.74, 6) is -0.579. The van der Waals surface area contributed by atoms with E-state index in [9.17, 15) is 18.0 Å². The minimum atomic E-state index is -3.90. The number of carbonyl (C=O) groups is 2. The van der Waals surface area contributed by atoms with Gasteiger partial charge >= 0.3 is 0 Å². The predicted molar refractivity (Wildman–Crippen MR) is 112 cm³/mol. The number of likely N-dealkylation sites (tertiary alicyclic amines) is 1. The Balaban J connectivity index is 1.58. The third-order valence-corrected chi connectivity index (χ3v) is 7.50. The van der Waals surface area contributed by atoms with Crippen LogP contribution in [0.3, 0.4) is 0 Å². The zero-order chi connectivity index (χ0) is 21.5. The smallest absolute Gasteiger partial charge is 0.263 e. The van der Waals surface area contributed by atoms with Crippen LogP contribution in [0.1, 0.15) is 36.8 Å². The molecule has 4 rings (SSSR count). The molecule has 0 spiro atoms. The number of halogens is 1. The molecule has 2 fully saturated rings. The summed E-state index contributed by atoms with van der Waals surface area (Å²) < 4.78 is 28.2. The lowest BCUT2D eigenvalue weighted by Crippen LogP contribution is -2.30. The number of benzene rings is 1. The molecule has 0 bridgehead atoms. The molecule has 2 aromatic rings. The number of pyridine rings is 1. The minimum Gasteiger partial charge on any atom is -0.278 e. The number of imide groups is 1. The number of anilines is 1. The van der Waals surface area contributed by atoms with Crippen LogP contribution in [0.2, 0.25) is 5.02 Å². The lowest BCUT2D eigenvalue weighted by atomic mass is 9.81. The van der Waals surface area contributed by atoms with Gasteiger partial charge in [-0.05, 0) is 49.1 Å². The second kappa shape index (κ2) is 8.00. The molecule has 1 saturated carbocycles. The Morgan fingerprint density at radius 3 is 2.37 bits per heavy atom. The first kappa shape index (κ1) is 20.8. The van der Waals surface area contributed by atoms with Crippen LogP contribution in [-0.2, 0) is 26.2 Å². The highest BCUT2D eigenvalue weighted by Crippen LogP contribution is 2.38. The number of rotatable bonds is 5. The monoisotopic (exact) mass is 447 g/mol. The number of sulfonamides is 1. The molecule has 2 heterocycles. The fourth-order valence-corrected chi connectivity index (χ4v) is 5.65. The number of fused-ring (bicyclic) bond motifs is 1. The Bertz CT molecular complexity index is 1080. The number of nitrogens with zero attached hydrogens (tertiary/aromatic N) is 2. The van der Waals surface area contributed by atoms with Gasteiger partial charge in [0.2, 0.25) is 11.8 Å². The second-order valence-electron chi connectivity index (χ2n) is 7.83. The molecule has 2 amide bonds. The number of hydrogen-bond acceptors (Lipinski definition) is 5. The van der Waals surface area contributed by atoms with E-state index in [-0.39, 0.29) is 40.9 Å². The van der Waals surface area contributed by atoms with Gasteiger partial charge in [0.15, 0.2) is 0 Å². The zero-order valence-electron chi connectivity index (χ0n) is 16.5. The van der Waals surface area contributed by atoms with Gasteiger partial charge in [-0.25, -0.2) is 13.4 Å². The Hall–Kier alpha value is -2.45. The van der Waals surface area contributed by atoms with Gasteiger partial charge in [-0.1, -0.05) is 36.6 Å². The fraction of sp³-hybridized carbons (Fsp3) is 0.381. The predicted octanol–water partition coefficient (Wildman–Crippen LogP) is 3.52. The summed E-state index contributed by atoms with van der Waals surface area (Å²) >= 11 is 5.80. The van der Waals surface area contributed by atoms with Crippen LogP contribution in [0, 0.1) is 18.8 Å². The molecular weight excluding hydrogens is 426 g/mol. The minimum absolute atomic E-state index is 0.0761. The first-order valence-electron chi connectivity index (χ1n) is 9.85. The average molecular weight is 448 g/mol. The van der Waals surface area contributed by atoms with Gasteiger partial charge in [0.1, 0.15) is 5.82 Å². The Labute approximate surface area is 180 Å². The summed E-state index contributed by atoms with van der Waals surface area (Å²) in [7, 11) is -3.90. The summed E-state index contributed by atoms with van der Waals surface area (Å²) in [5.41, 5.74) is 1.14. The van der Waals surface area contributed by atoms with Gasteiger partial charge in [0.25, 0.3) is 10.0 Å². The van der Waals surface area contributed by atoms with E-state index in [1.54, 1.807) is 25.1 Å². The van der Waals surface area contributed by atoms with E-state index in [0.717, 1.165) is 25.7 Å². The molecule has 1 aliphatic carbocycles. The third-order valence-electron chi connectivity index (χ3n) is 5.78. The topological polar surface area (TPSA) is 96.4 Å². The van der Waals surface area contributed by atoms with Crippen LogP contribution in [0.5, 0.6) is 0 Å². The number of nitrogens with one attached hydrogen (secondary N) is 1. The van der Waals surface area contributed by atoms with Crippen molar-refractivity contribution in [3.63, 3.8) is 0 Å². The summed E-state index contributed by atoms with van der Waals surface area (Å²) in [6.45, 7) is 1.76. The molecule has 30 heavy (non-hydrogen) atoms. The third kappa shape index (κ3) is 3.94. The maximum atomic E-state index is 12.9. The average Bonchev–Trinajstić information content (AvgIpc) is 2.96. The molecule has 1 saturated heterocycles. The number of aryl methyl sites for hydroxylation is 1. The number of carbonyl (C=O) groups excluding carboxylic acids is 2. The highest BCUT2D eigenvalue weighted by Gasteiger charge is 2.47. The van der Waals surface area contributed by atoms with Crippen molar-refractivity contribution in [2.75, 3.05) is 4.72 Å². The van der Waals surface area contributed by atoms with E-state index in [4.69, 9.17) is 11.6 Å². The lowest BCUT2D eigenvalue weighted by Gasteiger charge is -2.19. The van der Waals surface area contributed by atoms with Crippen molar-refractivity contribution < 1.29 is 18.0 Å². The van der Waals surface area contributed by atoms with E-state index in [1.807, 2.05) is 0 Å². The molecule has 158 valence electrons. The molecule has 0 radical (unpaired) electrons. The van der Waals surface area contributed by atoms with Gasteiger partial charge in [0, 0.05) is 6.20 Å². The first-order chi connectivity index (χ1) is 14.3. The van der Waals surface area contributed by atoms with Crippen LogP contribution in [-0.4, -0.2) is 30.1 Å². The highest BCUT2D eigenvalue weighted by molar-refractivity contribution is 7.92.